The smallest absolute Gasteiger partial charge is 0.161 e. The van der Waals surface area contributed by atoms with Gasteiger partial charge in [-0.25, -0.2) is 9.97 Å². The second-order valence-corrected chi connectivity index (χ2v) is 8.80. The van der Waals surface area contributed by atoms with Gasteiger partial charge in [-0.2, -0.15) is 0 Å². The topological polar surface area (TPSA) is 64.7 Å². The molecule has 7 aromatic rings. The summed E-state index contributed by atoms with van der Waals surface area (Å²) in [7, 11) is 0. The Morgan fingerprint density at radius 1 is 0.486 bits per heavy atom. The molecule has 3 aromatic carbocycles. The molecule has 4 heterocycles. The van der Waals surface area contributed by atoms with E-state index >= 15 is 0 Å². The molecule has 0 bridgehead atoms. The van der Waals surface area contributed by atoms with Crippen LogP contribution < -0.4 is 0 Å². The number of para-hydroxylation sites is 1. The number of aromatic nitrogens is 4. The summed E-state index contributed by atoms with van der Waals surface area (Å²) in [6, 6.07) is 32.4. The molecule has 0 saturated carbocycles. The van der Waals surface area contributed by atoms with Crippen LogP contribution in [-0.2, 0) is 0 Å². The van der Waals surface area contributed by atoms with Crippen LogP contribution in [0.1, 0.15) is 0 Å². The zero-order valence-electron chi connectivity index (χ0n) is 19.7. The molecule has 0 radical (unpaired) electrons. The predicted molar refractivity (Wildman–Crippen MR) is 147 cm³/mol. The Kier molecular flexibility index (Phi) is 5.03. The number of furan rings is 1. The van der Waals surface area contributed by atoms with E-state index in [-0.39, 0.29) is 0 Å². The molecular weight excluding hydrogens is 456 g/mol. The van der Waals surface area contributed by atoms with Gasteiger partial charge in [-0.1, -0.05) is 48.5 Å². The van der Waals surface area contributed by atoms with E-state index in [1.807, 2.05) is 73.1 Å². The molecule has 174 valence electrons. The van der Waals surface area contributed by atoms with Crippen molar-refractivity contribution in [3.05, 3.63) is 122 Å². The second kappa shape index (κ2) is 8.81. The predicted octanol–water partition coefficient (Wildman–Crippen LogP) is 7.83. The Morgan fingerprint density at radius 2 is 1.16 bits per heavy atom. The fourth-order valence-corrected chi connectivity index (χ4v) is 4.72. The number of hydrogen-bond acceptors (Lipinski definition) is 5. The Hall–Kier alpha value is -5.16. The van der Waals surface area contributed by atoms with Gasteiger partial charge in [0.05, 0.1) is 11.4 Å². The van der Waals surface area contributed by atoms with Crippen LogP contribution in [0, 0.1) is 0 Å². The molecule has 0 saturated heterocycles. The maximum atomic E-state index is 6.05. The highest BCUT2D eigenvalue weighted by atomic mass is 16.3. The minimum Gasteiger partial charge on any atom is -0.456 e. The van der Waals surface area contributed by atoms with E-state index in [1.54, 1.807) is 12.4 Å². The van der Waals surface area contributed by atoms with Gasteiger partial charge in [0.25, 0.3) is 0 Å². The fourth-order valence-electron chi connectivity index (χ4n) is 4.72. The van der Waals surface area contributed by atoms with Crippen LogP contribution in [-0.4, -0.2) is 19.9 Å². The normalized spacial score (nSPS) is 11.2. The molecule has 4 aromatic heterocycles. The summed E-state index contributed by atoms with van der Waals surface area (Å²) in [6.07, 6.45) is 7.24. The van der Waals surface area contributed by atoms with Gasteiger partial charge in [-0.3, -0.25) is 9.97 Å². The molecule has 0 N–H and O–H groups in total. The number of benzene rings is 3. The average Bonchev–Trinajstić information content (AvgIpc) is 3.36. The molecule has 0 amide bonds. The number of pyridine rings is 2. The SMILES string of the molecule is c1cncc(-c2cc(-c3ccc4oc5ccccc5c4c3)nc(-c3ccccc3-c3cccnc3)n2)c1. The van der Waals surface area contributed by atoms with E-state index in [0.717, 1.165) is 61.1 Å². The van der Waals surface area contributed by atoms with Crippen LogP contribution in [0.15, 0.2) is 126 Å². The molecule has 0 atom stereocenters. The summed E-state index contributed by atoms with van der Waals surface area (Å²) >= 11 is 0. The Bertz CT molecular complexity index is 1880. The first-order valence-electron chi connectivity index (χ1n) is 12.0. The highest BCUT2D eigenvalue weighted by molar-refractivity contribution is 6.06. The van der Waals surface area contributed by atoms with Crippen molar-refractivity contribution in [1.29, 1.82) is 0 Å². The Morgan fingerprint density at radius 3 is 1.95 bits per heavy atom. The maximum Gasteiger partial charge on any atom is 0.161 e. The van der Waals surface area contributed by atoms with E-state index in [0.29, 0.717) is 5.82 Å². The molecule has 37 heavy (non-hydrogen) atoms. The van der Waals surface area contributed by atoms with Crippen LogP contribution in [0.4, 0.5) is 0 Å². The van der Waals surface area contributed by atoms with Gasteiger partial charge < -0.3 is 4.42 Å². The highest BCUT2D eigenvalue weighted by Crippen LogP contribution is 2.35. The summed E-state index contributed by atoms with van der Waals surface area (Å²) in [5.74, 6) is 0.646. The molecule has 0 aliphatic carbocycles. The van der Waals surface area contributed by atoms with Crippen molar-refractivity contribution in [2.45, 2.75) is 0 Å². The summed E-state index contributed by atoms with van der Waals surface area (Å²) in [6.45, 7) is 0. The lowest BCUT2D eigenvalue weighted by atomic mass is 9.99. The third-order valence-electron chi connectivity index (χ3n) is 6.50. The summed E-state index contributed by atoms with van der Waals surface area (Å²) in [5.41, 5.74) is 8.28. The quantitative estimate of drug-likeness (QED) is 0.259. The van der Waals surface area contributed by atoms with Crippen molar-refractivity contribution in [3.63, 3.8) is 0 Å². The molecule has 0 unspecified atom stereocenters. The first-order valence-corrected chi connectivity index (χ1v) is 12.0. The lowest BCUT2D eigenvalue weighted by Crippen LogP contribution is -1.97. The zero-order chi connectivity index (χ0) is 24.6. The van der Waals surface area contributed by atoms with Crippen LogP contribution in [0.2, 0.25) is 0 Å². The third-order valence-corrected chi connectivity index (χ3v) is 6.50. The molecule has 5 nitrogen and oxygen atoms in total. The number of rotatable bonds is 4. The molecule has 5 heteroatoms. The van der Waals surface area contributed by atoms with Gasteiger partial charge in [0.15, 0.2) is 5.82 Å². The molecular formula is C32H20N4O. The summed E-state index contributed by atoms with van der Waals surface area (Å²) in [5, 5.41) is 2.15. The monoisotopic (exact) mass is 476 g/mol. The maximum absolute atomic E-state index is 6.05. The second-order valence-electron chi connectivity index (χ2n) is 8.80. The summed E-state index contributed by atoms with van der Waals surface area (Å²) < 4.78 is 6.05. The van der Waals surface area contributed by atoms with Gasteiger partial charge in [-0.05, 0) is 54.1 Å². The van der Waals surface area contributed by atoms with E-state index in [1.165, 1.54) is 0 Å². The van der Waals surface area contributed by atoms with Crippen molar-refractivity contribution < 1.29 is 4.42 Å². The van der Waals surface area contributed by atoms with Gasteiger partial charge in [0, 0.05) is 57.8 Å². The average molecular weight is 477 g/mol. The van der Waals surface area contributed by atoms with Crippen molar-refractivity contribution in [2.75, 3.05) is 0 Å². The fraction of sp³-hybridized carbons (Fsp3) is 0. The molecule has 0 aliphatic rings. The lowest BCUT2D eigenvalue weighted by Gasteiger charge is -2.12. The minimum absolute atomic E-state index is 0.646. The van der Waals surface area contributed by atoms with Crippen molar-refractivity contribution in [1.82, 2.24) is 19.9 Å². The van der Waals surface area contributed by atoms with E-state index in [2.05, 4.69) is 46.4 Å². The molecule has 0 fully saturated rings. The van der Waals surface area contributed by atoms with Crippen LogP contribution in [0.25, 0.3) is 67.0 Å². The van der Waals surface area contributed by atoms with Crippen LogP contribution >= 0.6 is 0 Å². The largest absolute Gasteiger partial charge is 0.456 e. The number of hydrogen-bond donors (Lipinski definition) is 0. The number of fused-ring (bicyclic) bond motifs is 3. The van der Waals surface area contributed by atoms with Crippen LogP contribution in [0.3, 0.4) is 0 Å². The van der Waals surface area contributed by atoms with Gasteiger partial charge in [0.1, 0.15) is 11.2 Å². The highest BCUT2D eigenvalue weighted by Gasteiger charge is 2.15. The molecule has 7 rings (SSSR count). The van der Waals surface area contributed by atoms with Gasteiger partial charge >= 0.3 is 0 Å². The van der Waals surface area contributed by atoms with Gasteiger partial charge in [-0.15, -0.1) is 0 Å². The molecule has 0 aliphatic heterocycles. The first-order chi connectivity index (χ1) is 18.3. The summed E-state index contributed by atoms with van der Waals surface area (Å²) in [4.78, 5) is 18.7. The van der Waals surface area contributed by atoms with E-state index < -0.39 is 0 Å². The number of nitrogens with zero attached hydrogens (tertiary/aromatic N) is 4. The van der Waals surface area contributed by atoms with E-state index in [4.69, 9.17) is 14.4 Å². The standard InChI is InChI=1S/C32H20N4O/c1-2-11-26(24(9-1)22-7-5-15-33-19-22)32-35-28(18-29(36-32)23-8-6-16-34-20-23)21-13-14-31-27(17-21)25-10-3-4-12-30(25)37-31/h1-20H. The van der Waals surface area contributed by atoms with Crippen molar-refractivity contribution in [2.24, 2.45) is 0 Å². The zero-order valence-corrected chi connectivity index (χ0v) is 19.7. The van der Waals surface area contributed by atoms with Gasteiger partial charge in [0.2, 0.25) is 0 Å². The minimum atomic E-state index is 0.646. The van der Waals surface area contributed by atoms with Crippen molar-refractivity contribution >= 4 is 21.9 Å². The molecule has 0 spiro atoms. The van der Waals surface area contributed by atoms with E-state index in [9.17, 15) is 0 Å². The first kappa shape index (κ1) is 21.1. The Balaban J connectivity index is 1.46. The van der Waals surface area contributed by atoms with Crippen LogP contribution in [0.5, 0.6) is 0 Å². The lowest BCUT2D eigenvalue weighted by molar-refractivity contribution is 0.669. The Labute approximate surface area is 213 Å². The van der Waals surface area contributed by atoms with Crippen molar-refractivity contribution in [3.8, 4) is 45.0 Å². The third kappa shape index (κ3) is 3.83.